The Labute approximate surface area is 155 Å². The highest BCUT2D eigenvalue weighted by Crippen LogP contribution is 2.28. The molecule has 4 rings (SSSR count). The number of carbonyl (C=O) groups is 2. The fourth-order valence-electron chi connectivity index (χ4n) is 3.36. The summed E-state index contributed by atoms with van der Waals surface area (Å²) in [6.07, 6.45) is 1.98. The minimum Gasteiger partial charge on any atom is -0.447 e. The third kappa shape index (κ3) is 3.21. The molecule has 26 heavy (non-hydrogen) atoms. The van der Waals surface area contributed by atoms with Crippen molar-refractivity contribution in [3.05, 3.63) is 23.8 Å². The number of anilines is 1. The standard InChI is InChI=1S/C18H22N4O3S/c1-2-3-6-19-17-20-14-5-4-12(9-15(14)26-17)16(23)21-7-8-22-13(10-21)11-25-18(22)24/h4-5,9,13H,2-3,6-8,10-11H2,1H3,(H,19,20). The Morgan fingerprint density at radius 3 is 3.15 bits per heavy atom. The quantitative estimate of drug-likeness (QED) is 0.815. The zero-order chi connectivity index (χ0) is 18.1. The fraction of sp³-hybridized carbons (Fsp3) is 0.500. The Bertz CT molecular complexity index is 837. The number of hydrogen-bond acceptors (Lipinski definition) is 6. The van der Waals surface area contributed by atoms with Gasteiger partial charge in [-0.15, -0.1) is 0 Å². The number of fused-ring (bicyclic) bond motifs is 2. The molecule has 1 N–H and O–H groups in total. The lowest BCUT2D eigenvalue weighted by molar-refractivity contribution is 0.0617. The molecule has 0 spiro atoms. The molecule has 2 fully saturated rings. The summed E-state index contributed by atoms with van der Waals surface area (Å²) in [6.45, 7) is 5.02. The van der Waals surface area contributed by atoms with Gasteiger partial charge in [-0.2, -0.15) is 0 Å². The number of aromatic nitrogens is 1. The van der Waals surface area contributed by atoms with Crippen LogP contribution in [0, 0.1) is 0 Å². The van der Waals surface area contributed by atoms with Gasteiger partial charge in [-0.25, -0.2) is 9.78 Å². The van der Waals surface area contributed by atoms with Crippen LogP contribution in [-0.4, -0.2) is 65.6 Å². The van der Waals surface area contributed by atoms with Gasteiger partial charge in [0.25, 0.3) is 5.91 Å². The van der Waals surface area contributed by atoms with E-state index < -0.39 is 0 Å². The van der Waals surface area contributed by atoms with E-state index in [4.69, 9.17) is 4.74 Å². The summed E-state index contributed by atoms with van der Waals surface area (Å²) in [6, 6.07) is 5.63. The van der Waals surface area contributed by atoms with E-state index in [0.717, 1.165) is 34.7 Å². The average Bonchev–Trinajstić information content (AvgIpc) is 3.23. The van der Waals surface area contributed by atoms with Gasteiger partial charge in [0.1, 0.15) is 6.61 Å². The van der Waals surface area contributed by atoms with E-state index >= 15 is 0 Å². The molecule has 1 aromatic carbocycles. The molecule has 1 unspecified atom stereocenters. The van der Waals surface area contributed by atoms with Crippen LogP contribution in [0.1, 0.15) is 30.1 Å². The topological polar surface area (TPSA) is 74.8 Å². The second kappa shape index (κ2) is 7.11. The molecule has 2 aromatic rings. The minimum absolute atomic E-state index is 0.000193. The number of hydrogen-bond donors (Lipinski definition) is 1. The number of ether oxygens (including phenoxy) is 1. The van der Waals surface area contributed by atoms with Crippen molar-refractivity contribution in [2.45, 2.75) is 25.8 Å². The van der Waals surface area contributed by atoms with E-state index in [-0.39, 0.29) is 18.0 Å². The molecule has 1 atom stereocenters. The monoisotopic (exact) mass is 374 g/mol. The first-order valence-electron chi connectivity index (χ1n) is 9.03. The predicted octanol–water partition coefficient (Wildman–Crippen LogP) is 2.78. The molecule has 2 aliphatic heterocycles. The van der Waals surface area contributed by atoms with Crippen molar-refractivity contribution in [3.63, 3.8) is 0 Å². The first kappa shape index (κ1) is 17.1. The molecule has 138 valence electrons. The molecule has 0 radical (unpaired) electrons. The van der Waals surface area contributed by atoms with Crippen LogP contribution in [-0.2, 0) is 4.74 Å². The van der Waals surface area contributed by atoms with Gasteiger partial charge in [-0.3, -0.25) is 9.69 Å². The van der Waals surface area contributed by atoms with Gasteiger partial charge in [-0.1, -0.05) is 24.7 Å². The molecule has 0 bridgehead atoms. The molecule has 8 heteroatoms. The number of carbonyl (C=O) groups excluding carboxylic acids is 2. The highest BCUT2D eigenvalue weighted by Gasteiger charge is 2.38. The second-order valence-electron chi connectivity index (χ2n) is 6.66. The molecule has 0 aliphatic carbocycles. The first-order chi connectivity index (χ1) is 12.7. The Morgan fingerprint density at radius 1 is 1.42 bits per heavy atom. The summed E-state index contributed by atoms with van der Waals surface area (Å²) in [5.41, 5.74) is 1.57. The Hall–Kier alpha value is -2.35. The van der Waals surface area contributed by atoms with E-state index in [1.165, 1.54) is 0 Å². The maximum atomic E-state index is 12.9. The van der Waals surface area contributed by atoms with Crippen molar-refractivity contribution >= 4 is 38.7 Å². The lowest BCUT2D eigenvalue weighted by atomic mass is 10.1. The van der Waals surface area contributed by atoms with Crippen LogP contribution in [0.3, 0.4) is 0 Å². The molecule has 2 saturated heterocycles. The molecule has 3 heterocycles. The van der Waals surface area contributed by atoms with Gasteiger partial charge in [0.15, 0.2) is 5.13 Å². The number of thiazole rings is 1. The van der Waals surface area contributed by atoms with Crippen molar-refractivity contribution in [2.75, 3.05) is 38.1 Å². The fourth-order valence-corrected chi connectivity index (χ4v) is 4.29. The molecule has 1 aromatic heterocycles. The number of cyclic esters (lactones) is 1. The highest BCUT2D eigenvalue weighted by molar-refractivity contribution is 7.22. The van der Waals surface area contributed by atoms with E-state index in [2.05, 4.69) is 17.2 Å². The van der Waals surface area contributed by atoms with Crippen LogP contribution in [0.5, 0.6) is 0 Å². The van der Waals surface area contributed by atoms with Crippen LogP contribution >= 0.6 is 11.3 Å². The van der Waals surface area contributed by atoms with Gasteiger partial charge in [0, 0.05) is 31.7 Å². The molecule has 2 aliphatic rings. The van der Waals surface area contributed by atoms with E-state index in [1.54, 1.807) is 16.2 Å². The van der Waals surface area contributed by atoms with E-state index in [9.17, 15) is 9.59 Å². The Morgan fingerprint density at radius 2 is 2.31 bits per heavy atom. The third-order valence-electron chi connectivity index (χ3n) is 4.85. The van der Waals surface area contributed by atoms with Gasteiger partial charge in [0.2, 0.25) is 0 Å². The number of rotatable bonds is 5. The third-order valence-corrected chi connectivity index (χ3v) is 5.82. The maximum Gasteiger partial charge on any atom is 0.410 e. The van der Waals surface area contributed by atoms with Crippen molar-refractivity contribution < 1.29 is 14.3 Å². The van der Waals surface area contributed by atoms with E-state index in [1.807, 2.05) is 23.1 Å². The zero-order valence-corrected chi connectivity index (χ0v) is 15.6. The maximum absolute atomic E-state index is 12.9. The average molecular weight is 374 g/mol. The van der Waals surface area contributed by atoms with Crippen LogP contribution in [0.2, 0.25) is 0 Å². The predicted molar refractivity (Wildman–Crippen MR) is 101 cm³/mol. The first-order valence-corrected chi connectivity index (χ1v) is 9.84. The number of amides is 2. The lowest BCUT2D eigenvalue weighted by Gasteiger charge is -2.35. The summed E-state index contributed by atoms with van der Waals surface area (Å²) in [5, 5.41) is 4.23. The number of nitrogens with zero attached hydrogens (tertiary/aromatic N) is 3. The van der Waals surface area contributed by atoms with Gasteiger partial charge >= 0.3 is 6.09 Å². The van der Waals surface area contributed by atoms with Crippen molar-refractivity contribution in [3.8, 4) is 0 Å². The lowest BCUT2D eigenvalue weighted by Crippen LogP contribution is -2.53. The van der Waals surface area contributed by atoms with Crippen molar-refractivity contribution in [2.24, 2.45) is 0 Å². The zero-order valence-electron chi connectivity index (χ0n) is 14.7. The van der Waals surface area contributed by atoms with E-state index in [0.29, 0.717) is 31.8 Å². The minimum atomic E-state index is -0.267. The largest absolute Gasteiger partial charge is 0.447 e. The van der Waals surface area contributed by atoms with Crippen LogP contribution in [0.15, 0.2) is 18.2 Å². The SMILES string of the molecule is CCCCNc1nc2ccc(C(=O)N3CCN4C(=O)OCC4C3)cc2s1. The van der Waals surface area contributed by atoms with Crippen LogP contribution < -0.4 is 5.32 Å². The summed E-state index contributed by atoms with van der Waals surface area (Å²) in [7, 11) is 0. The van der Waals surface area contributed by atoms with Gasteiger partial charge in [-0.05, 0) is 24.6 Å². The Balaban J connectivity index is 1.47. The Kier molecular flexibility index (Phi) is 4.67. The molecular formula is C18H22N4O3S. The summed E-state index contributed by atoms with van der Waals surface area (Å²) < 4.78 is 6.08. The highest BCUT2D eigenvalue weighted by atomic mass is 32.1. The van der Waals surface area contributed by atoms with Gasteiger partial charge in [0.05, 0.1) is 16.3 Å². The van der Waals surface area contributed by atoms with Crippen LogP contribution in [0.25, 0.3) is 10.2 Å². The molecule has 2 amide bonds. The molecule has 0 saturated carbocycles. The number of benzene rings is 1. The smallest absolute Gasteiger partial charge is 0.410 e. The summed E-state index contributed by atoms with van der Waals surface area (Å²) in [4.78, 5) is 32.6. The van der Waals surface area contributed by atoms with Crippen molar-refractivity contribution in [1.82, 2.24) is 14.8 Å². The second-order valence-corrected chi connectivity index (χ2v) is 7.69. The molecule has 7 nitrogen and oxygen atoms in total. The molecular weight excluding hydrogens is 352 g/mol. The van der Waals surface area contributed by atoms with Gasteiger partial charge < -0.3 is 15.0 Å². The number of piperazine rings is 1. The number of nitrogens with one attached hydrogen (secondary N) is 1. The van der Waals surface area contributed by atoms with Crippen LogP contribution in [0.4, 0.5) is 9.93 Å². The van der Waals surface area contributed by atoms with Crippen molar-refractivity contribution in [1.29, 1.82) is 0 Å². The number of unbranched alkanes of at least 4 members (excludes halogenated alkanes) is 1. The normalized spacial score (nSPS) is 19.6. The summed E-state index contributed by atoms with van der Waals surface area (Å²) >= 11 is 1.58. The summed E-state index contributed by atoms with van der Waals surface area (Å²) in [5.74, 6) is -0.000193.